The van der Waals surface area contributed by atoms with Crippen LogP contribution in [0.5, 0.6) is 0 Å². The minimum Gasteiger partial charge on any atom is 0 e. The Morgan fingerprint density at radius 1 is 0.950 bits per heavy atom. The third-order valence-electron chi connectivity index (χ3n) is 5.26. The van der Waals surface area contributed by atoms with E-state index in [-0.39, 0.29) is 34.8 Å². The average molecular weight is 1060 g/mol. The van der Waals surface area contributed by atoms with Gasteiger partial charge in [-0.2, -0.15) is 11.8 Å². The van der Waals surface area contributed by atoms with E-state index in [4.69, 9.17) is 9.47 Å². The van der Waals surface area contributed by atoms with Crippen LogP contribution in [0, 0.1) is 0 Å². The topological polar surface area (TPSA) is 52.6 Å². The largest absolute Gasteiger partial charge is 0 e. The molecule has 1 aliphatic rings. The van der Waals surface area contributed by atoms with Crippen LogP contribution in [0.4, 0.5) is 0 Å². The van der Waals surface area contributed by atoms with E-state index in [1.807, 2.05) is 48.9 Å². The smallest absolute Gasteiger partial charge is 0 e. The molecular weight excluding hydrogens is 1020 g/mol. The SMILES string of the molecule is BrCC(CBr)OCc1ccccc1.CSC1(S(C)=O)CC(OCc2ccccc2)C1.CSCS(C)=O.[I][V][I].[V]. The Balaban J connectivity index is 0. The Labute approximate surface area is 313 Å². The Bertz CT molecular complexity index is 903. The number of hydrogen-bond donors (Lipinski definition) is 0. The fourth-order valence-electron chi connectivity index (χ4n) is 3.14. The van der Waals surface area contributed by atoms with E-state index in [0.29, 0.717) is 22.7 Å². The molecule has 0 spiro atoms. The zero-order chi connectivity index (χ0) is 29.5. The quantitative estimate of drug-likeness (QED) is 0.157. The van der Waals surface area contributed by atoms with E-state index in [0.717, 1.165) is 28.6 Å². The van der Waals surface area contributed by atoms with Gasteiger partial charge in [0.2, 0.25) is 0 Å². The van der Waals surface area contributed by atoms with Crippen molar-refractivity contribution in [2.45, 2.75) is 42.3 Å². The maximum absolute atomic E-state index is 11.6. The second-order valence-corrected chi connectivity index (χ2v) is 27.1. The maximum Gasteiger partial charge on any atom is 0 e. The molecule has 2 atom stereocenters. The predicted molar refractivity (Wildman–Crippen MR) is 198 cm³/mol. The monoisotopic (exact) mass is 1060 g/mol. The van der Waals surface area contributed by atoms with E-state index in [2.05, 4.69) is 96.1 Å². The van der Waals surface area contributed by atoms with Gasteiger partial charge in [-0.05, 0) is 23.6 Å². The van der Waals surface area contributed by atoms with Crippen molar-refractivity contribution in [3.8, 4) is 0 Å². The maximum atomic E-state index is 11.6. The van der Waals surface area contributed by atoms with Crippen LogP contribution in [0.25, 0.3) is 0 Å². The molecule has 1 saturated carbocycles. The van der Waals surface area contributed by atoms with Gasteiger partial charge in [-0.25, -0.2) is 0 Å². The van der Waals surface area contributed by atoms with Gasteiger partial charge in [0.25, 0.3) is 0 Å². The van der Waals surface area contributed by atoms with Crippen molar-refractivity contribution in [1.82, 2.24) is 0 Å². The van der Waals surface area contributed by atoms with E-state index < -0.39 is 21.6 Å². The molecule has 4 nitrogen and oxygen atoms in total. The molecule has 0 N–H and O–H groups in total. The van der Waals surface area contributed by atoms with E-state index in [9.17, 15) is 8.42 Å². The molecule has 3 rings (SSSR count). The van der Waals surface area contributed by atoms with Crippen molar-refractivity contribution in [1.29, 1.82) is 0 Å². The molecule has 0 heterocycles. The zero-order valence-corrected chi connectivity index (χ0v) is 36.6. The van der Waals surface area contributed by atoms with Crippen molar-refractivity contribution in [3.63, 3.8) is 0 Å². The fourth-order valence-corrected chi connectivity index (χ4v) is 8.40. The molecule has 2 aromatic rings. The Morgan fingerprint density at radius 3 is 1.73 bits per heavy atom. The van der Waals surface area contributed by atoms with Crippen LogP contribution in [0.2, 0.25) is 0 Å². The zero-order valence-electron chi connectivity index (χ0n) is 23.1. The summed E-state index contributed by atoms with van der Waals surface area (Å²) in [4.78, 5) is 0. The number of hydrogen-bond acceptors (Lipinski definition) is 6. The van der Waals surface area contributed by atoms with Crippen molar-refractivity contribution < 1.29 is 45.9 Å². The van der Waals surface area contributed by atoms with Gasteiger partial charge in [-0.1, -0.05) is 92.5 Å². The molecule has 1 aliphatic carbocycles. The fraction of sp³-hybridized carbons (Fsp3) is 0.538. The standard InChI is InChI=1S/C13H18O2S2.C10H12Br2O.C3H8OS2.2HI.2V/c1-16-13(17(2)14)8-12(9-13)15-10-11-6-4-3-5-7-11;11-6-10(7-12)13-8-9-4-2-1-3-5-9;1-5-3-6(2)4;;;;/h3-7,12H,8-10H2,1-2H3;1-5,10H,6-8H2;3H2,1-2H3;2*1H;;/q;;;;;;+2/p-2. The first-order valence-electron chi connectivity index (χ1n) is 11.7. The van der Waals surface area contributed by atoms with Crippen LogP contribution in [0.3, 0.4) is 0 Å². The van der Waals surface area contributed by atoms with Crippen LogP contribution >= 0.6 is 95.3 Å². The minimum absolute atomic E-state index is 0. The van der Waals surface area contributed by atoms with Gasteiger partial charge in [-0.15, -0.1) is 11.8 Å². The second kappa shape index (κ2) is 29.4. The average Bonchev–Trinajstić information content (AvgIpc) is 2.91. The summed E-state index contributed by atoms with van der Waals surface area (Å²) in [6, 6.07) is 20.4. The molecule has 228 valence electrons. The van der Waals surface area contributed by atoms with Crippen molar-refractivity contribution >= 4 is 117 Å². The van der Waals surface area contributed by atoms with Gasteiger partial charge < -0.3 is 9.47 Å². The molecule has 0 aromatic heterocycles. The summed E-state index contributed by atoms with van der Waals surface area (Å²) in [5.74, 6) is 0. The number of alkyl halides is 2. The number of rotatable bonds is 12. The normalized spacial score (nSPS) is 18.6. The Morgan fingerprint density at radius 2 is 1.40 bits per heavy atom. The predicted octanol–water partition coefficient (Wildman–Crippen LogP) is 8.62. The molecule has 40 heavy (non-hydrogen) atoms. The molecule has 1 fully saturated rings. The van der Waals surface area contributed by atoms with Crippen molar-refractivity contribution in [2.75, 3.05) is 40.8 Å². The van der Waals surface area contributed by atoms with Crippen LogP contribution in [0.15, 0.2) is 60.7 Å². The molecule has 1 radical (unpaired) electrons. The van der Waals surface area contributed by atoms with Gasteiger partial charge in [0.05, 0.1) is 34.6 Å². The van der Waals surface area contributed by atoms with Crippen molar-refractivity contribution in [2.24, 2.45) is 0 Å². The molecule has 0 saturated heterocycles. The molecule has 14 heteroatoms. The van der Waals surface area contributed by atoms with E-state index in [1.165, 1.54) is 11.1 Å². The molecule has 0 bridgehead atoms. The second-order valence-electron chi connectivity index (χ2n) is 8.17. The van der Waals surface area contributed by atoms with Crippen LogP contribution in [0.1, 0.15) is 24.0 Å². The third kappa shape index (κ3) is 21.6. The summed E-state index contributed by atoms with van der Waals surface area (Å²) >= 11 is 14.8. The number of benzene rings is 2. The summed E-state index contributed by atoms with van der Waals surface area (Å²) in [7, 11) is -0.743. The summed E-state index contributed by atoms with van der Waals surface area (Å²) < 4.78 is 33.2. The van der Waals surface area contributed by atoms with E-state index in [1.54, 1.807) is 36.0 Å². The molecule has 0 aliphatic heterocycles. The molecular formula is C26H38Br2I2O4S4V2. The van der Waals surface area contributed by atoms with Crippen LogP contribution in [-0.4, -0.2) is 65.5 Å². The van der Waals surface area contributed by atoms with Gasteiger partial charge >= 0.3 is 49.4 Å². The number of thioether (sulfide) groups is 2. The van der Waals surface area contributed by atoms with E-state index >= 15 is 0 Å². The van der Waals surface area contributed by atoms with Crippen molar-refractivity contribution in [3.05, 3.63) is 71.8 Å². The van der Waals surface area contributed by atoms with Crippen LogP contribution in [-0.2, 0) is 72.3 Å². The first-order valence-corrected chi connectivity index (χ1v) is 28.9. The van der Waals surface area contributed by atoms with Gasteiger partial charge in [-0.3, -0.25) is 8.42 Å². The van der Waals surface area contributed by atoms with Gasteiger partial charge in [0.1, 0.15) is 0 Å². The van der Waals surface area contributed by atoms with Crippen LogP contribution < -0.4 is 0 Å². The molecule has 0 amide bonds. The number of ether oxygens (including phenoxy) is 2. The minimum atomic E-state index is -0.768. The summed E-state index contributed by atoms with van der Waals surface area (Å²) in [5, 5.41) is 2.50. The summed E-state index contributed by atoms with van der Waals surface area (Å²) in [5.41, 5.74) is 2.42. The Hall–Kier alpha value is 2.95. The molecule has 2 unspecified atom stereocenters. The van der Waals surface area contributed by atoms with Gasteiger partial charge in [0, 0.05) is 76.2 Å². The molecule has 2 aromatic carbocycles. The van der Waals surface area contributed by atoms with Gasteiger partial charge in [0.15, 0.2) is 0 Å². The Kier molecular flexibility index (Phi) is 33.1. The third-order valence-corrected chi connectivity index (χ3v) is 12.6. The summed E-state index contributed by atoms with van der Waals surface area (Å²) in [6.07, 6.45) is 9.82. The number of halogens is 4. The summed E-state index contributed by atoms with van der Waals surface area (Å²) in [6.45, 7) is 1.34. The first kappa shape index (κ1) is 45.1. The first-order chi connectivity index (χ1) is 18.7.